The lowest BCUT2D eigenvalue weighted by molar-refractivity contribution is -0.140. The first-order chi connectivity index (χ1) is 15.2. The summed E-state index contributed by atoms with van der Waals surface area (Å²) >= 11 is 0. The third-order valence-electron chi connectivity index (χ3n) is 6.99. The molecule has 2 atom stereocenters. The molecule has 3 aromatic carbocycles. The summed E-state index contributed by atoms with van der Waals surface area (Å²) in [4.78, 5) is 12.4. The number of aliphatic carboxylic acids is 1. The maximum absolute atomic E-state index is 13.6. The minimum Gasteiger partial charge on any atom is -0.480 e. The molecule has 0 aromatic heterocycles. The van der Waals surface area contributed by atoms with E-state index < -0.39 is 26.9 Å². The van der Waals surface area contributed by atoms with Gasteiger partial charge in [-0.2, -0.15) is 4.72 Å². The topological polar surface area (TPSA) is 83.5 Å². The Morgan fingerprint density at radius 3 is 2.34 bits per heavy atom. The molecule has 1 fully saturated rings. The molecule has 0 bridgehead atoms. The van der Waals surface area contributed by atoms with Crippen molar-refractivity contribution in [1.82, 2.24) is 4.72 Å². The monoisotopic (exact) mass is 451 g/mol. The van der Waals surface area contributed by atoms with E-state index in [1.807, 2.05) is 37.3 Å². The summed E-state index contributed by atoms with van der Waals surface area (Å²) in [6.45, 7) is 1.87. The van der Waals surface area contributed by atoms with Gasteiger partial charge >= 0.3 is 5.97 Å². The predicted octanol–water partition coefficient (Wildman–Crippen LogP) is 4.25. The van der Waals surface area contributed by atoms with Crippen molar-refractivity contribution in [3.8, 4) is 11.1 Å². The van der Waals surface area contributed by atoms with Gasteiger partial charge in [0.2, 0.25) is 10.0 Å². The van der Waals surface area contributed by atoms with E-state index in [-0.39, 0.29) is 17.1 Å². The Morgan fingerprint density at radius 1 is 1.03 bits per heavy atom. The number of hydrogen-bond acceptors (Lipinski definition) is 3. The second kappa shape index (κ2) is 6.98. The molecule has 1 unspecified atom stereocenters. The summed E-state index contributed by atoms with van der Waals surface area (Å²) in [6, 6.07) is 18.5. The third-order valence-corrected chi connectivity index (χ3v) is 8.48. The van der Waals surface area contributed by atoms with Crippen LogP contribution in [0.4, 0.5) is 4.39 Å². The molecule has 5 nitrogen and oxygen atoms in total. The van der Waals surface area contributed by atoms with Crippen LogP contribution in [0.2, 0.25) is 0 Å². The van der Waals surface area contributed by atoms with E-state index in [4.69, 9.17) is 0 Å². The molecule has 32 heavy (non-hydrogen) atoms. The van der Waals surface area contributed by atoms with Gasteiger partial charge in [0.1, 0.15) is 11.4 Å². The van der Waals surface area contributed by atoms with Crippen molar-refractivity contribution in [1.29, 1.82) is 0 Å². The highest BCUT2D eigenvalue weighted by Gasteiger charge is 2.73. The minimum absolute atomic E-state index is 0.00937. The second-order valence-corrected chi connectivity index (χ2v) is 10.3. The summed E-state index contributed by atoms with van der Waals surface area (Å²) in [7, 11) is -4.11. The number of hydrogen-bond donors (Lipinski definition) is 2. The van der Waals surface area contributed by atoms with Crippen LogP contribution in [0.25, 0.3) is 11.1 Å². The van der Waals surface area contributed by atoms with Crippen LogP contribution in [-0.2, 0) is 26.7 Å². The van der Waals surface area contributed by atoms with E-state index in [0.717, 1.165) is 27.8 Å². The van der Waals surface area contributed by atoms with Crippen LogP contribution in [0.15, 0.2) is 71.6 Å². The van der Waals surface area contributed by atoms with Gasteiger partial charge in [0, 0.05) is 5.41 Å². The van der Waals surface area contributed by atoms with Crippen molar-refractivity contribution in [2.24, 2.45) is 0 Å². The molecule has 0 heterocycles. The van der Waals surface area contributed by atoms with Crippen molar-refractivity contribution in [3.63, 3.8) is 0 Å². The second-order valence-electron chi connectivity index (χ2n) is 8.59. The van der Waals surface area contributed by atoms with Gasteiger partial charge in [0.05, 0.1) is 4.90 Å². The summed E-state index contributed by atoms with van der Waals surface area (Å²) < 4.78 is 42.8. The van der Waals surface area contributed by atoms with Crippen LogP contribution in [-0.4, -0.2) is 25.0 Å². The van der Waals surface area contributed by atoms with Crippen molar-refractivity contribution in [2.45, 2.75) is 42.0 Å². The highest BCUT2D eigenvalue weighted by atomic mass is 32.2. The minimum atomic E-state index is -4.11. The zero-order valence-electron chi connectivity index (χ0n) is 17.4. The molecule has 0 saturated heterocycles. The first kappa shape index (κ1) is 20.8. The Kier molecular flexibility index (Phi) is 4.55. The first-order valence-corrected chi connectivity index (χ1v) is 12.0. The fourth-order valence-corrected chi connectivity index (χ4v) is 6.69. The van der Waals surface area contributed by atoms with Crippen molar-refractivity contribution < 1.29 is 22.7 Å². The molecule has 2 aliphatic carbocycles. The summed E-state index contributed by atoms with van der Waals surface area (Å²) in [5.74, 6) is -1.52. The molecule has 0 amide bonds. The number of nitrogens with one attached hydrogen (secondary N) is 1. The van der Waals surface area contributed by atoms with Crippen LogP contribution < -0.4 is 4.72 Å². The number of benzene rings is 3. The molecule has 2 N–H and O–H groups in total. The lowest BCUT2D eigenvalue weighted by atomic mass is 9.88. The third kappa shape index (κ3) is 2.92. The molecule has 0 radical (unpaired) electrons. The zero-order valence-corrected chi connectivity index (χ0v) is 18.2. The maximum Gasteiger partial charge on any atom is 0.325 e. The summed E-state index contributed by atoms with van der Waals surface area (Å²) in [5.41, 5.74) is 1.73. The molecule has 7 heteroatoms. The summed E-state index contributed by atoms with van der Waals surface area (Å²) in [5, 5.41) is 10.1. The fraction of sp³-hybridized carbons (Fsp3) is 0.240. The molecule has 0 aliphatic heterocycles. The Morgan fingerprint density at radius 2 is 1.69 bits per heavy atom. The number of sulfonamides is 1. The molecular formula is C25H22FNO4S. The fourth-order valence-electron chi connectivity index (χ4n) is 5.21. The molecule has 1 saturated carbocycles. The van der Waals surface area contributed by atoms with Crippen LogP contribution in [0.3, 0.4) is 0 Å². The van der Waals surface area contributed by atoms with Gasteiger partial charge in [0.25, 0.3) is 0 Å². The highest BCUT2D eigenvalue weighted by molar-refractivity contribution is 7.89. The maximum atomic E-state index is 13.6. The molecule has 5 rings (SSSR count). The van der Waals surface area contributed by atoms with Gasteiger partial charge < -0.3 is 5.11 Å². The van der Waals surface area contributed by atoms with Crippen LogP contribution >= 0.6 is 0 Å². The Hall–Kier alpha value is -3.03. The van der Waals surface area contributed by atoms with E-state index in [0.29, 0.717) is 12.8 Å². The van der Waals surface area contributed by atoms with Crippen LogP contribution in [0.1, 0.15) is 36.5 Å². The SMILES string of the molecule is CC[C@@]1(c2ccccc2)CC1(NS(=O)(=O)c1ccc2c(c1)Cc1cc(F)ccc1-2)C(=O)O. The number of rotatable bonds is 6. The quantitative estimate of drug-likeness (QED) is 0.459. The largest absolute Gasteiger partial charge is 0.480 e. The number of halogens is 1. The zero-order chi connectivity index (χ0) is 22.7. The van der Waals surface area contributed by atoms with E-state index >= 15 is 0 Å². The van der Waals surface area contributed by atoms with Crippen LogP contribution in [0, 0.1) is 5.82 Å². The van der Waals surface area contributed by atoms with Crippen molar-refractivity contribution in [3.05, 3.63) is 89.2 Å². The van der Waals surface area contributed by atoms with Gasteiger partial charge in [-0.1, -0.05) is 49.4 Å². The van der Waals surface area contributed by atoms with E-state index in [2.05, 4.69) is 4.72 Å². The van der Waals surface area contributed by atoms with Crippen molar-refractivity contribution >= 4 is 16.0 Å². The van der Waals surface area contributed by atoms with Gasteiger partial charge in [-0.15, -0.1) is 0 Å². The lowest BCUT2D eigenvalue weighted by Crippen LogP contribution is -2.48. The average molecular weight is 452 g/mol. The Balaban J connectivity index is 1.50. The molecular weight excluding hydrogens is 429 g/mol. The Labute approximate surface area is 186 Å². The van der Waals surface area contributed by atoms with Gasteiger partial charge in [-0.25, -0.2) is 12.8 Å². The standard InChI is InChI=1S/C25H22FNO4S/c1-2-24(18-6-4-3-5-7-18)15-25(24,23(28)29)27-32(30,31)20-9-11-22-17(14-20)12-16-13-19(26)8-10-21(16)22/h3-11,13-14,27H,2,12,15H2,1H3,(H,28,29)/t24-,25?/m0/s1. The van der Waals surface area contributed by atoms with Gasteiger partial charge in [-0.3, -0.25) is 4.79 Å². The smallest absolute Gasteiger partial charge is 0.325 e. The molecule has 3 aromatic rings. The lowest BCUT2D eigenvalue weighted by Gasteiger charge is -2.23. The first-order valence-electron chi connectivity index (χ1n) is 10.5. The number of fused-ring (bicyclic) bond motifs is 3. The van der Waals surface area contributed by atoms with Crippen molar-refractivity contribution in [2.75, 3.05) is 0 Å². The normalized spacial score (nSPS) is 23.4. The van der Waals surface area contributed by atoms with E-state index in [1.165, 1.54) is 18.2 Å². The number of carbonyl (C=O) groups is 1. The summed E-state index contributed by atoms with van der Waals surface area (Å²) in [6.07, 6.45) is 1.10. The van der Waals surface area contributed by atoms with E-state index in [9.17, 15) is 22.7 Å². The Bertz CT molecular complexity index is 1360. The van der Waals surface area contributed by atoms with Gasteiger partial charge in [-0.05, 0) is 71.3 Å². The number of carboxylic acid groups (broad SMARTS) is 1. The van der Waals surface area contributed by atoms with Gasteiger partial charge in [0.15, 0.2) is 0 Å². The predicted molar refractivity (Wildman–Crippen MR) is 118 cm³/mol. The molecule has 2 aliphatic rings. The van der Waals surface area contributed by atoms with Crippen LogP contribution in [0.5, 0.6) is 0 Å². The highest BCUT2D eigenvalue weighted by Crippen LogP contribution is 2.60. The van der Waals surface area contributed by atoms with E-state index in [1.54, 1.807) is 18.2 Å². The average Bonchev–Trinajstić information content (AvgIpc) is 3.30. The number of carboxylic acids is 1. The molecule has 164 valence electrons. The molecule has 0 spiro atoms.